The third-order valence-electron chi connectivity index (χ3n) is 3.12. The molecule has 0 aliphatic carbocycles. The third kappa shape index (κ3) is 6.60. The highest BCUT2D eigenvalue weighted by atomic mass is 32.2. The Hall–Kier alpha value is -1.97. The fraction of sp³-hybridized carbons (Fsp3) is 0.278. The van der Waals surface area contributed by atoms with E-state index in [2.05, 4.69) is 10.0 Å². The van der Waals surface area contributed by atoms with Crippen molar-refractivity contribution in [2.24, 2.45) is 0 Å². The van der Waals surface area contributed by atoms with E-state index in [0.717, 1.165) is 30.0 Å². The van der Waals surface area contributed by atoms with Gasteiger partial charge in [0.1, 0.15) is 11.6 Å². The second-order valence-corrected chi connectivity index (χ2v) is 9.49. The normalized spacial score (nSPS) is 12.0. The lowest BCUT2D eigenvalue weighted by atomic mass is 10.1. The third-order valence-corrected chi connectivity index (χ3v) is 5.91. The lowest BCUT2D eigenvalue weighted by molar-refractivity contribution is -0.113. The summed E-state index contributed by atoms with van der Waals surface area (Å²) in [6.45, 7) is 5.16. The maximum atomic E-state index is 13.6. The van der Waals surface area contributed by atoms with Gasteiger partial charge in [0, 0.05) is 16.1 Å². The Bertz CT molecular complexity index is 942. The number of amides is 1. The standard InChI is InChI=1S/C18H20F2N2O3S2/c1-18(2,3)22-27(24,25)14-6-4-5-13(10-14)21-17(23)11-26-16-9-12(19)7-8-15(16)20/h4-10,22H,11H2,1-3H3,(H,21,23). The molecule has 27 heavy (non-hydrogen) atoms. The Morgan fingerprint density at radius 2 is 1.81 bits per heavy atom. The number of carbonyl (C=O) groups excluding carboxylic acids is 1. The summed E-state index contributed by atoms with van der Waals surface area (Å²) < 4.78 is 54.0. The predicted molar refractivity (Wildman–Crippen MR) is 102 cm³/mol. The topological polar surface area (TPSA) is 75.3 Å². The van der Waals surface area contributed by atoms with Crippen LogP contribution in [0.15, 0.2) is 52.3 Å². The number of hydrogen-bond acceptors (Lipinski definition) is 4. The fourth-order valence-corrected chi connectivity index (χ4v) is 4.36. The summed E-state index contributed by atoms with van der Waals surface area (Å²) in [5.74, 6) is -1.83. The Morgan fingerprint density at radius 1 is 1.11 bits per heavy atom. The zero-order valence-corrected chi connectivity index (χ0v) is 16.7. The average Bonchev–Trinajstić information content (AvgIpc) is 2.54. The number of carbonyl (C=O) groups is 1. The first-order valence-electron chi connectivity index (χ1n) is 7.98. The lowest BCUT2D eigenvalue weighted by Crippen LogP contribution is -2.40. The van der Waals surface area contributed by atoms with Crippen LogP contribution in [-0.2, 0) is 14.8 Å². The monoisotopic (exact) mass is 414 g/mol. The molecule has 0 aliphatic heterocycles. The summed E-state index contributed by atoms with van der Waals surface area (Å²) in [6, 6.07) is 8.80. The molecule has 2 rings (SSSR count). The number of nitrogens with one attached hydrogen (secondary N) is 2. The highest BCUT2D eigenvalue weighted by Crippen LogP contribution is 2.23. The minimum atomic E-state index is -3.74. The SMILES string of the molecule is CC(C)(C)NS(=O)(=O)c1cccc(NC(=O)CSc2cc(F)ccc2F)c1. The van der Waals surface area contributed by atoms with Crippen molar-refractivity contribution in [1.82, 2.24) is 4.72 Å². The van der Waals surface area contributed by atoms with Gasteiger partial charge in [-0.25, -0.2) is 21.9 Å². The van der Waals surface area contributed by atoms with Gasteiger partial charge in [-0.05, 0) is 57.2 Å². The van der Waals surface area contributed by atoms with Crippen LogP contribution >= 0.6 is 11.8 Å². The molecule has 1 amide bonds. The van der Waals surface area contributed by atoms with Gasteiger partial charge in [-0.1, -0.05) is 6.07 Å². The van der Waals surface area contributed by atoms with Gasteiger partial charge in [0.05, 0.1) is 10.6 Å². The second-order valence-electron chi connectivity index (χ2n) is 6.79. The molecule has 146 valence electrons. The summed E-state index contributed by atoms with van der Waals surface area (Å²) in [6.07, 6.45) is 0. The molecule has 0 saturated carbocycles. The zero-order chi connectivity index (χ0) is 20.2. The van der Waals surface area contributed by atoms with Crippen LogP contribution in [0.2, 0.25) is 0 Å². The molecule has 5 nitrogen and oxygen atoms in total. The highest BCUT2D eigenvalue weighted by molar-refractivity contribution is 8.00. The lowest BCUT2D eigenvalue weighted by Gasteiger charge is -2.20. The highest BCUT2D eigenvalue weighted by Gasteiger charge is 2.22. The zero-order valence-electron chi connectivity index (χ0n) is 15.0. The molecule has 0 spiro atoms. The molecule has 0 unspecified atom stereocenters. The van der Waals surface area contributed by atoms with Crippen LogP contribution in [0.4, 0.5) is 14.5 Å². The number of sulfonamides is 1. The van der Waals surface area contributed by atoms with Crippen molar-refractivity contribution in [3.63, 3.8) is 0 Å². The van der Waals surface area contributed by atoms with E-state index in [4.69, 9.17) is 0 Å². The van der Waals surface area contributed by atoms with Crippen molar-refractivity contribution >= 4 is 33.4 Å². The van der Waals surface area contributed by atoms with Crippen molar-refractivity contribution in [3.05, 3.63) is 54.1 Å². The van der Waals surface area contributed by atoms with Crippen molar-refractivity contribution in [1.29, 1.82) is 0 Å². The number of anilines is 1. The number of benzene rings is 2. The molecule has 2 aromatic rings. The van der Waals surface area contributed by atoms with E-state index in [1.807, 2.05) is 0 Å². The van der Waals surface area contributed by atoms with E-state index in [1.165, 1.54) is 18.2 Å². The number of thioether (sulfide) groups is 1. The molecule has 0 saturated heterocycles. The van der Waals surface area contributed by atoms with E-state index in [1.54, 1.807) is 26.8 Å². The molecular weight excluding hydrogens is 394 g/mol. The van der Waals surface area contributed by atoms with Crippen LogP contribution in [0.5, 0.6) is 0 Å². The van der Waals surface area contributed by atoms with E-state index >= 15 is 0 Å². The molecule has 2 N–H and O–H groups in total. The largest absolute Gasteiger partial charge is 0.325 e. The van der Waals surface area contributed by atoms with E-state index in [0.29, 0.717) is 0 Å². The number of rotatable bonds is 6. The van der Waals surface area contributed by atoms with Gasteiger partial charge in [-0.3, -0.25) is 4.79 Å². The predicted octanol–water partition coefficient (Wildman–Crippen LogP) is 3.77. The Balaban J connectivity index is 2.05. The second kappa shape index (κ2) is 8.37. The van der Waals surface area contributed by atoms with Crippen LogP contribution in [0.3, 0.4) is 0 Å². The summed E-state index contributed by atoms with van der Waals surface area (Å²) in [4.78, 5) is 12.1. The first kappa shape index (κ1) is 21.3. The van der Waals surface area contributed by atoms with Crippen molar-refractivity contribution in [2.45, 2.75) is 36.1 Å². The first-order valence-corrected chi connectivity index (χ1v) is 10.4. The van der Waals surface area contributed by atoms with Crippen LogP contribution in [-0.4, -0.2) is 25.6 Å². The Kier molecular flexibility index (Phi) is 6.61. The number of hydrogen-bond donors (Lipinski definition) is 2. The summed E-state index contributed by atoms with van der Waals surface area (Å²) in [7, 11) is -3.74. The Morgan fingerprint density at radius 3 is 2.48 bits per heavy atom. The minimum absolute atomic E-state index is 0.0130. The van der Waals surface area contributed by atoms with Gasteiger partial charge in [-0.15, -0.1) is 11.8 Å². The van der Waals surface area contributed by atoms with E-state index in [9.17, 15) is 22.0 Å². The van der Waals surface area contributed by atoms with Gasteiger partial charge < -0.3 is 5.32 Å². The molecule has 2 aromatic carbocycles. The molecule has 0 atom stereocenters. The Labute approximate surface area is 161 Å². The maximum Gasteiger partial charge on any atom is 0.241 e. The van der Waals surface area contributed by atoms with Gasteiger partial charge in [0.25, 0.3) is 0 Å². The fourth-order valence-electron chi connectivity index (χ4n) is 2.13. The van der Waals surface area contributed by atoms with Crippen LogP contribution < -0.4 is 10.0 Å². The van der Waals surface area contributed by atoms with Crippen LogP contribution in [0.25, 0.3) is 0 Å². The molecule has 0 fully saturated rings. The average molecular weight is 414 g/mol. The summed E-state index contributed by atoms with van der Waals surface area (Å²) in [5, 5.41) is 2.55. The van der Waals surface area contributed by atoms with E-state index < -0.39 is 33.1 Å². The first-order chi connectivity index (χ1) is 12.5. The molecule has 9 heteroatoms. The quantitative estimate of drug-likeness (QED) is 0.706. The minimum Gasteiger partial charge on any atom is -0.325 e. The molecule has 0 aliphatic rings. The maximum absolute atomic E-state index is 13.6. The molecule has 0 aromatic heterocycles. The van der Waals surface area contributed by atoms with Gasteiger partial charge in [-0.2, -0.15) is 0 Å². The molecule has 0 heterocycles. The smallest absolute Gasteiger partial charge is 0.241 e. The van der Waals surface area contributed by atoms with Crippen LogP contribution in [0.1, 0.15) is 20.8 Å². The van der Waals surface area contributed by atoms with Crippen molar-refractivity contribution in [2.75, 3.05) is 11.1 Å². The summed E-state index contributed by atoms with van der Waals surface area (Å²) in [5.41, 5.74) is -0.360. The number of halogens is 2. The van der Waals surface area contributed by atoms with Gasteiger partial charge in [0.15, 0.2) is 0 Å². The molecule has 0 bridgehead atoms. The van der Waals surface area contributed by atoms with Crippen molar-refractivity contribution < 1.29 is 22.0 Å². The van der Waals surface area contributed by atoms with Gasteiger partial charge >= 0.3 is 0 Å². The van der Waals surface area contributed by atoms with E-state index in [-0.39, 0.29) is 21.2 Å². The molecular formula is C18H20F2N2O3S2. The van der Waals surface area contributed by atoms with Crippen molar-refractivity contribution in [3.8, 4) is 0 Å². The summed E-state index contributed by atoms with van der Waals surface area (Å²) >= 11 is 0.849. The van der Waals surface area contributed by atoms with Crippen LogP contribution in [0, 0.1) is 11.6 Å². The molecule has 0 radical (unpaired) electrons. The van der Waals surface area contributed by atoms with Gasteiger partial charge in [0.2, 0.25) is 15.9 Å².